The molecule has 0 bridgehead atoms. The van der Waals surface area contributed by atoms with Crippen molar-refractivity contribution in [2.75, 3.05) is 12.4 Å². The molecule has 0 heterocycles. The molecule has 5 heteroatoms. The van der Waals surface area contributed by atoms with Gasteiger partial charge in [0.15, 0.2) is 5.78 Å². The third-order valence-corrected chi connectivity index (χ3v) is 5.32. The highest BCUT2D eigenvalue weighted by Gasteiger charge is 2.17. The highest BCUT2D eigenvalue weighted by Crippen LogP contribution is 2.27. The third-order valence-electron chi connectivity index (χ3n) is 4.26. The summed E-state index contributed by atoms with van der Waals surface area (Å²) in [5.41, 5.74) is 2.70. The van der Waals surface area contributed by atoms with Crippen LogP contribution in [0, 0.1) is 0 Å². The molecule has 27 heavy (non-hydrogen) atoms. The lowest BCUT2D eigenvalue weighted by Gasteiger charge is -2.20. The summed E-state index contributed by atoms with van der Waals surface area (Å²) in [4.78, 5) is 12.8. The summed E-state index contributed by atoms with van der Waals surface area (Å²) in [5, 5.41) is 3.48. The lowest BCUT2D eigenvalue weighted by molar-refractivity contribution is 0.0976. The van der Waals surface area contributed by atoms with E-state index < -0.39 is 0 Å². The zero-order valence-electron chi connectivity index (χ0n) is 14.8. The Hall–Kier alpha value is -2.11. The minimum atomic E-state index is -0.136. The first-order chi connectivity index (χ1) is 13.0. The molecular formula is C22H19Br2NO2. The number of hydrogen-bond donors (Lipinski definition) is 1. The maximum Gasteiger partial charge on any atom is 0.165 e. The number of ether oxygens (including phenoxy) is 1. The Morgan fingerprint density at radius 2 is 1.44 bits per heavy atom. The molecule has 0 amide bonds. The van der Waals surface area contributed by atoms with Crippen molar-refractivity contribution in [3.63, 3.8) is 0 Å². The molecule has 138 valence electrons. The Bertz CT molecular complexity index is 891. The largest absolute Gasteiger partial charge is 0.497 e. The van der Waals surface area contributed by atoms with Crippen LogP contribution in [0.2, 0.25) is 0 Å². The first-order valence-corrected chi connectivity index (χ1v) is 10.1. The van der Waals surface area contributed by atoms with E-state index in [0.717, 1.165) is 25.9 Å². The molecule has 3 aromatic rings. The van der Waals surface area contributed by atoms with Gasteiger partial charge in [0, 0.05) is 26.6 Å². The zero-order chi connectivity index (χ0) is 19.2. The summed E-state index contributed by atoms with van der Waals surface area (Å²) in [7, 11) is 1.64. The number of ketones is 1. The minimum Gasteiger partial charge on any atom is -0.497 e. The monoisotopic (exact) mass is 487 g/mol. The highest BCUT2D eigenvalue weighted by molar-refractivity contribution is 9.10. The van der Waals surface area contributed by atoms with E-state index in [2.05, 4.69) is 37.2 Å². The Morgan fingerprint density at radius 3 is 2.00 bits per heavy atom. The van der Waals surface area contributed by atoms with Crippen molar-refractivity contribution in [3.8, 4) is 5.75 Å². The fraction of sp³-hybridized carbons (Fsp3) is 0.136. The maximum absolute atomic E-state index is 12.8. The molecule has 0 saturated carbocycles. The molecule has 0 radical (unpaired) electrons. The second-order valence-electron chi connectivity index (χ2n) is 6.11. The normalized spacial score (nSPS) is 11.7. The summed E-state index contributed by atoms with van der Waals surface area (Å²) < 4.78 is 7.18. The Morgan fingerprint density at radius 1 is 0.889 bits per heavy atom. The van der Waals surface area contributed by atoms with Crippen LogP contribution in [0.4, 0.5) is 5.69 Å². The number of carbonyl (C=O) groups excluding carboxylic acids is 1. The van der Waals surface area contributed by atoms with Gasteiger partial charge in [-0.25, -0.2) is 0 Å². The van der Waals surface area contributed by atoms with Gasteiger partial charge in [-0.2, -0.15) is 0 Å². The SMILES string of the molecule is COc1ccc(NC(CC(=O)c2ccc(Br)cc2)c2ccc(Br)cc2)cc1. The Balaban J connectivity index is 1.83. The van der Waals surface area contributed by atoms with Crippen molar-refractivity contribution < 1.29 is 9.53 Å². The molecule has 0 aromatic heterocycles. The van der Waals surface area contributed by atoms with E-state index in [4.69, 9.17) is 4.74 Å². The quantitative estimate of drug-likeness (QED) is 0.378. The van der Waals surface area contributed by atoms with Crippen molar-refractivity contribution in [3.05, 3.63) is 92.9 Å². The van der Waals surface area contributed by atoms with Gasteiger partial charge in [-0.05, 0) is 54.1 Å². The van der Waals surface area contributed by atoms with Gasteiger partial charge < -0.3 is 10.1 Å². The molecular weight excluding hydrogens is 470 g/mol. The number of anilines is 1. The molecule has 1 N–H and O–H groups in total. The average Bonchev–Trinajstić information content (AvgIpc) is 2.69. The smallest absolute Gasteiger partial charge is 0.165 e. The second kappa shape index (κ2) is 9.20. The molecule has 3 rings (SSSR count). The van der Waals surface area contributed by atoms with E-state index in [-0.39, 0.29) is 11.8 Å². The van der Waals surface area contributed by atoms with E-state index in [1.165, 1.54) is 0 Å². The summed E-state index contributed by atoms with van der Waals surface area (Å²) in [6, 6.07) is 23.1. The summed E-state index contributed by atoms with van der Waals surface area (Å²) in [6.45, 7) is 0. The van der Waals surface area contributed by atoms with E-state index in [9.17, 15) is 4.79 Å². The van der Waals surface area contributed by atoms with E-state index in [1.807, 2.05) is 72.8 Å². The molecule has 0 spiro atoms. The highest BCUT2D eigenvalue weighted by atomic mass is 79.9. The Kier molecular flexibility index (Phi) is 6.69. The summed E-state index contributed by atoms with van der Waals surface area (Å²) in [6.07, 6.45) is 0.356. The van der Waals surface area contributed by atoms with Gasteiger partial charge in [-0.3, -0.25) is 4.79 Å². The number of benzene rings is 3. The number of methoxy groups -OCH3 is 1. The van der Waals surface area contributed by atoms with Crippen LogP contribution >= 0.6 is 31.9 Å². The standard InChI is InChI=1S/C22H19Br2NO2/c1-27-20-12-10-19(11-13-20)25-21(15-2-6-17(23)7-3-15)14-22(26)16-4-8-18(24)9-5-16/h2-13,21,25H,14H2,1H3. The van der Waals surface area contributed by atoms with Crippen LogP contribution in [0.5, 0.6) is 5.75 Å². The van der Waals surface area contributed by atoms with Crippen LogP contribution in [-0.4, -0.2) is 12.9 Å². The summed E-state index contributed by atoms with van der Waals surface area (Å²) >= 11 is 6.87. The molecule has 0 aliphatic heterocycles. The van der Waals surface area contributed by atoms with Crippen molar-refractivity contribution in [1.82, 2.24) is 0 Å². The van der Waals surface area contributed by atoms with Crippen LogP contribution in [0.1, 0.15) is 28.4 Å². The van der Waals surface area contributed by atoms with Gasteiger partial charge in [-0.15, -0.1) is 0 Å². The zero-order valence-corrected chi connectivity index (χ0v) is 18.0. The number of halogens is 2. The predicted octanol–water partition coefficient (Wildman–Crippen LogP) is 6.65. The summed E-state index contributed by atoms with van der Waals surface area (Å²) in [5.74, 6) is 0.892. The molecule has 1 unspecified atom stereocenters. The van der Waals surface area contributed by atoms with Crippen molar-refractivity contribution in [1.29, 1.82) is 0 Å². The van der Waals surface area contributed by atoms with E-state index >= 15 is 0 Å². The van der Waals surface area contributed by atoms with Crippen LogP contribution in [0.15, 0.2) is 81.7 Å². The molecule has 1 atom stereocenters. The number of Topliss-reactive ketones (excluding diaryl/α,β-unsaturated/α-hetero) is 1. The van der Waals surface area contributed by atoms with Crippen LogP contribution < -0.4 is 10.1 Å². The lowest BCUT2D eigenvalue weighted by Crippen LogP contribution is -2.15. The van der Waals surface area contributed by atoms with Crippen LogP contribution in [-0.2, 0) is 0 Å². The van der Waals surface area contributed by atoms with Crippen molar-refractivity contribution in [2.24, 2.45) is 0 Å². The maximum atomic E-state index is 12.8. The molecule has 3 aromatic carbocycles. The number of nitrogens with one attached hydrogen (secondary N) is 1. The fourth-order valence-corrected chi connectivity index (χ4v) is 3.30. The van der Waals surface area contributed by atoms with Gasteiger partial charge in [-0.1, -0.05) is 56.1 Å². The average molecular weight is 489 g/mol. The van der Waals surface area contributed by atoms with Gasteiger partial charge in [0.2, 0.25) is 0 Å². The first-order valence-electron chi connectivity index (χ1n) is 8.50. The number of carbonyl (C=O) groups is 1. The topological polar surface area (TPSA) is 38.3 Å². The third kappa shape index (κ3) is 5.44. The van der Waals surface area contributed by atoms with E-state index in [0.29, 0.717) is 12.0 Å². The van der Waals surface area contributed by atoms with Crippen LogP contribution in [0.25, 0.3) is 0 Å². The van der Waals surface area contributed by atoms with Crippen molar-refractivity contribution in [2.45, 2.75) is 12.5 Å². The van der Waals surface area contributed by atoms with Gasteiger partial charge in [0.05, 0.1) is 13.2 Å². The lowest BCUT2D eigenvalue weighted by atomic mass is 9.97. The predicted molar refractivity (Wildman–Crippen MR) is 117 cm³/mol. The fourth-order valence-electron chi connectivity index (χ4n) is 2.77. The van der Waals surface area contributed by atoms with Gasteiger partial charge >= 0.3 is 0 Å². The molecule has 0 saturated heterocycles. The van der Waals surface area contributed by atoms with Crippen LogP contribution in [0.3, 0.4) is 0 Å². The molecule has 0 aliphatic rings. The number of rotatable bonds is 7. The molecule has 0 fully saturated rings. The molecule has 0 aliphatic carbocycles. The van der Waals surface area contributed by atoms with E-state index in [1.54, 1.807) is 7.11 Å². The first kappa shape index (κ1) is 19.6. The minimum absolute atomic E-state index is 0.0939. The van der Waals surface area contributed by atoms with Gasteiger partial charge in [0.25, 0.3) is 0 Å². The molecule has 3 nitrogen and oxygen atoms in total. The second-order valence-corrected chi connectivity index (χ2v) is 7.94. The Labute approximate surface area is 176 Å². The van der Waals surface area contributed by atoms with Gasteiger partial charge in [0.1, 0.15) is 5.75 Å². The number of hydrogen-bond acceptors (Lipinski definition) is 3. The van der Waals surface area contributed by atoms with Crippen molar-refractivity contribution >= 4 is 43.3 Å².